The van der Waals surface area contributed by atoms with Crippen LogP contribution < -0.4 is 5.32 Å². The summed E-state index contributed by atoms with van der Waals surface area (Å²) in [5.74, 6) is -0.505. The topological polar surface area (TPSA) is 99.3 Å². The van der Waals surface area contributed by atoms with Gasteiger partial charge in [0.25, 0.3) is 5.91 Å². The van der Waals surface area contributed by atoms with Gasteiger partial charge in [0.1, 0.15) is 0 Å². The summed E-state index contributed by atoms with van der Waals surface area (Å²) >= 11 is 1.51. The second kappa shape index (κ2) is 9.32. The minimum atomic E-state index is -0.463. The summed E-state index contributed by atoms with van der Waals surface area (Å²) in [6, 6.07) is 1.20. The van der Waals surface area contributed by atoms with E-state index in [0.717, 1.165) is 5.56 Å². The van der Waals surface area contributed by atoms with Crippen LogP contribution in [0.2, 0.25) is 0 Å². The van der Waals surface area contributed by atoms with E-state index >= 15 is 0 Å². The van der Waals surface area contributed by atoms with Crippen molar-refractivity contribution in [3.8, 4) is 0 Å². The molecule has 0 saturated carbocycles. The third kappa shape index (κ3) is 4.23. The second-order valence-electron chi connectivity index (χ2n) is 8.24. The van der Waals surface area contributed by atoms with Gasteiger partial charge in [-0.25, -0.2) is 4.79 Å². The third-order valence-corrected chi connectivity index (χ3v) is 7.08. The number of thiophene rings is 1. The molecule has 0 aromatic carbocycles. The first-order valence-corrected chi connectivity index (χ1v) is 11.9. The Balaban J connectivity index is 1.35. The number of rotatable bonds is 6. The van der Waals surface area contributed by atoms with Crippen LogP contribution in [0.3, 0.4) is 0 Å². The van der Waals surface area contributed by atoms with Crippen molar-refractivity contribution in [2.75, 3.05) is 39.8 Å². The van der Waals surface area contributed by atoms with Crippen molar-refractivity contribution in [1.82, 2.24) is 20.0 Å². The molecule has 3 aliphatic heterocycles. The summed E-state index contributed by atoms with van der Waals surface area (Å²) in [6.45, 7) is 3.80. The van der Waals surface area contributed by atoms with Gasteiger partial charge in [-0.3, -0.25) is 19.3 Å². The Hall–Kier alpha value is -2.88. The molecule has 172 valence electrons. The number of esters is 1. The normalized spacial score (nSPS) is 21.7. The molecule has 1 saturated heterocycles. The number of nitrogens with zero attached hydrogens (tertiary/aromatic N) is 3. The molecule has 1 unspecified atom stereocenters. The highest BCUT2D eigenvalue weighted by atomic mass is 32.1. The van der Waals surface area contributed by atoms with Crippen LogP contribution in [-0.4, -0.2) is 78.3 Å². The molecule has 1 aromatic rings. The Kier molecular flexibility index (Phi) is 6.50. The zero-order chi connectivity index (χ0) is 22.8. The fourth-order valence-electron chi connectivity index (χ4n) is 4.51. The van der Waals surface area contributed by atoms with E-state index in [1.807, 2.05) is 16.8 Å². The number of likely N-dealkylation sites (N-methyl/N-ethyl adjacent to an activating group) is 1. The van der Waals surface area contributed by atoms with Gasteiger partial charge in [-0.05, 0) is 42.2 Å². The van der Waals surface area contributed by atoms with Crippen LogP contribution in [0.4, 0.5) is 4.79 Å². The SMILES string of the molecule is CCOC(=O)C1CCN(C(=O)CCN2CC3=C(C2=O)C(c2ccsc2)NC(=O)N3C)CC1. The smallest absolute Gasteiger partial charge is 0.322 e. The maximum Gasteiger partial charge on any atom is 0.322 e. The molecule has 3 aliphatic rings. The van der Waals surface area contributed by atoms with E-state index in [1.165, 1.54) is 16.2 Å². The summed E-state index contributed by atoms with van der Waals surface area (Å²) in [7, 11) is 1.66. The van der Waals surface area contributed by atoms with Crippen LogP contribution in [0.5, 0.6) is 0 Å². The van der Waals surface area contributed by atoms with E-state index in [-0.39, 0.29) is 36.2 Å². The lowest BCUT2D eigenvalue weighted by molar-refractivity contribution is -0.151. The minimum absolute atomic E-state index is 0.0260. The fourth-order valence-corrected chi connectivity index (χ4v) is 5.19. The Labute approximate surface area is 191 Å². The molecule has 0 spiro atoms. The summed E-state index contributed by atoms with van der Waals surface area (Å²) in [4.78, 5) is 55.1. The van der Waals surface area contributed by atoms with Crippen molar-refractivity contribution >= 4 is 35.2 Å². The number of ether oxygens (including phenoxy) is 1. The number of carbonyl (C=O) groups is 4. The number of likely N-dealkylation sites (tertiary alicyclic amines) is 1. The van der Waals surface area contributed by atoms with Gasteiger partial charge in [-0.15, -0.1) is 0 Å². The number of hydrogen-bond donors (Lipinski definition) is 1. The molecular formula is C22H28N4O5S. The number of piperidine rings is 1. The lowest BCUT2D eigenvalue weighted by atomic mass is 9.97. The number of urea groups is 1. The van der Waals surface area contributed by atoms with Crippen LogP contribution >= 0.6 is 11.3 Å². The fraction of sp³-hybridized carbons (Fsp3) is 0.545. The molecule has 0 aliphatic carbocycles. The van der Waals surface area contributed by atoms with Crippen molar-refractivity contribution in [2.45, 2.75) is 32.2 Å². The van der Waals surface area contributed by atoms with Gasteiger partial charge < -0.3 is 19.9 Å². The van der Waals surface area contributed by atoms with Crippen LogP contribution in [0.1, 0.15) is 37.8 Å². The highest BCUT2D eigenvalue weighted by molar-refractivity contribution is 7.08. The van der Waals surface area contributed by atoms with Crippen molar-refractivity contribution in [3.63, 3.8) is 0 Å². The largest absolute Gasteiger partial charge is 0.466 e. The predicted molar refractivity (Wildman–Crippen MR) is 118 cm³/mol. The summed E-state index contributed by atoms with van der Waals surface area (Å²) < 4.78 is 5.08. The number of carbonyl (C=O) groups excluding carboxylic acids is 4. The lowest BCUT2D eigenvalue weighted by Crippen LogP contribution is -2.45. The molecule has 4 amide bonds. The lowest BCUT2D eigenvalue weighted by Gasteiger charge is -2.31. The molecule has 0 radical (unpaired) electrons. The van der Waals surface area contributed by atoms with Crippen molar-refractivity contribution in [2.24, 2.45) is 5.92 Å². The number of hydrogen-bond acceptors (Lipinski definition) is 6. The van der Waals surface area contributed by atoms with Gasteiger partial charge in [-0.1, -0.05) is 0 Å². The third-order valence-electron chi connectivity index (χ3n) is 6.37. The summed E-state index contributed by atoms with van der Waals surface area (Å²) in [5, 5.41) is 6.75. The average molecular weight is 461 g/mol. The van der Waals surface area contributed by atoms with Gasteiger partial charge in [0, 0.05) is 33.1 Å². The van der Waals surface area contributed by atoms with E-state index in [2.05, 4.69) is 5.32 Å². The maximum absolute atomic E-state index is 13.2. The average Bonchev–Trinajstić information content (AvgIpc) is 3.44. The van der Waals surface area contributed by atoms with Gasteiger partial charge in [-0.2, -0.15) is 11.3 Å². The zero-order valence-corrected chi connectivity index (χ0v) is 19.2. The van der Waals surface area contributed by atoms with Gasteiger partial charge in [0.05, 0.1) is 36.4 Å². The molecule has 1 atom stereocenters. The highest BCUT2D eigenvalue weighted by Gasteiger charge is 2.43. The van der Waals surface area contributed by atoms with Crippen molar-refractivity contribution in [3.05, 3.63) is 33.7 Å². The molecule has 1 N–H and O–H groups in total. The Morgan fingerprint density at radius 1 is 1.25 bits per heavy atom. The molecule has 10 heteroatoms. The predicted octanol–water partition coefficient (Wildman–Crippen LogP) is 1.73. The molecular weight excluding hydrogens is 432 g/mol. The Morgan fingerprint density at radius 3 is 2.66 bits per heavy atom. The standard InChI is InChI=1S/C22H28N4O5S/c1-3-31-21(29)14-4-8-25(9-5-14)17(27)6-10-26-12-16-18(20(26)28)19(15-7-11-32-13-15)23-22(30)24(16)2/h7,11,13-14,19H,3-6,8-10,12H2,1-2H3,(H,23,30). The van der Waals surface area contributed by atoms with Crippen LogP contribution in [-0.2, 0) is 19.1 Å². The van der Waals surface area contributed by atoms with Gasteiger partial charge in [0.15, 0.2) is 0 Å². The van der Waals surface area contributed by atoms with E-state index in [1.54, 1.807) is 23.8 Å². The van der Waals surface area contributed by atoms with Gasteiger partial charge >= 0.3 is 12.0 Å². The highest BCUT2D eigenvalue weighted by Crippen LogP contribution is 2.36. The molecule has 0 bridgehead atoms. The van der Waals surface area contributed by atoms with Crippen LogP contribution in [0, 0.1) is 5.92 Å². The quantitative estimate of drug-likeness (QED) is 0.652. The van der Waals surface area contributed by atoms with Crippen LogP contribution in [0.15, 0.2) is 28.1 Å². The zero-order valence-electron chi connectivity index (χ0n) is 18.3. The van der Waals surface area contributed by atoms with Crippen molar-refractivity contribution in [1.29, 1.82) is 0 Å². The summed E-state index contributed by atoms with van der Waals surface area (Å²) in [5.41, 5.74) is 2.16. The second-order valence-corrected chi connectivity index (χ2v) is 9.02. The molecule has 9 nitrogen and oxygen atoms in total. The minimum Gasteiger partial charge on any atom is -0.466 e. The van der Waals surface area contributed by atoms with E-state index in [4.69, 9.17) is 4.74 Å². The van der Waals surface area contributed by atoms with E-state index < -0.39 is 6.04 Å². The molecule has 1 aromatic heterocycles. The molecule has 32 heavy (non-hydrogen) atoms. The first-order chi connectivity index (χ1) is 15.4. The van der Waals surface area contributed by atoms with E-state index in [0.29, 0.717) is 56.9 Å². The van der Waals surface area contributed by atoms with Crippen molar-refractivity contribution < 1.29 is 23.9 Å². The first kappa shape index (κ1) is 22.3. The van der Waals surface area contributed by atoms with Crippen LogP contribution in [0.25, 0.3) is 0 Å². The Bertz CT molecular complexity index is 936. The number of amides is 4. The molecule has 4 heterocycles. The van der Waals surface area contributed by atoms with Gasteiger partial charge in [0.2, 0.25) is 5.91 Å². The maximum atomic E-state index is 13.2. The molecule has 1 fully saturated rings. The monoisotopic (exact) mass is 460 g/mol. The molecule has 4 rings (SSSR count). The summed E-state index contributed by atoms with van der Waals surface area (Å²) in [6.07, 6.45) is 1.42. The number of nitrogens with one attached hydrogen (secondary N) is 1. The first-order valence-electron chi connectivity index (χ1n) is 10.9. The van der Waals surface area contributed by atoms with E-state index in [9.17, 15) is 19.2 Å². The Morgan fingerprint density at radius 2 is 2.00 bits per heavy atom.